The van der Waals surface area contributed by atoms with E-state index in [2.05, 4.69) is 57.2 Å². The number of hydrogen-bond acceptors (Lipinski definition) is 3. The molecule has 1 aromatic heterocycles. The Morgan fingerprint density at radius 3 is 2.57 bits per heavy atom. The van der Waals surface area contributed by atoms with E-state index in [1.807, 2.05) is 30.3 Å². The minimum absolute atomic E-state index is 0. The fourth-order valence-corrected chi connectivity index (χ4v) is 3.04. The zero-order chi connectivity index (χ0) is 16.0. The molecule has 0 atom stereocenters. The largest absolute Gasteiger partial charge is 0.370 e. The van der Waals surface area contributed by atoms with Gasteiger partial charge in [0.25, 0.3) is 0 Å². The molecule has 2 rings (SSSR count). The maximum atomic E-state index is 5.91. The van der Waals surface area contributed by atoms with Crippen molar-refractivity contribution in [1.82, 2.24) is 4.98 Å². The first kappa shape index (κ1) is 20.2. The molecule has 23 heavy (non-hydrogen) atoms. The van der Waals surface area contributed by atoms with E-state index < -0.39 is 0 Å². The smallest absolute Gasteiger partial charge is 0.194 e. The van der Waals surface area contributed by atoms with Crippen molar-refractivity contribution in [1.29, 1.82) is 0 Å². The van der Waals surface area contributed by atoms with E-state index in [1.54, 1.807) is 18.0 Å². The van der Waals surface area contributed by atoms with Crippen LogP contribution in [-0.2, 0) is 0 Å². The van der Waals surface area contributed by atoms with Crippen molar-refractivity contribution in [2.45, 2.75) is 23.5 Å². The van der Waals surface area contributed by atoms with Crippen LogP contribution in [0.3, 0.4) is 0 Å². The molecule has 1 heterocycles. The number of benzene rings is 1. The van der Waals surface area contributed by atoms with Gasteiger partial charge in [-0.1, -0.05) is 22.0 Å². The van der Waals surface area contributed by atoms with Gasteiger partial charge in [-0.3, -0.25) is 4.99 Å². The highest BCUT2D eigenvalue weighted by Crippen LogP contribution is 2.33. The van der Waals surface area contributed by atoms with Gasteiger partial charge in [-0.15, -0.1) is 35.7 Å². The number of nitrogens with one attached hydrogen (secondary N) is 1. The monoisotopic (exact) mass is 506 g/mol. The van der Waals surface area contributed by atoms with Crippen LogP contribution >= 0.6 is 51.7 Å². The Balaban J connectivity index is 0.00000264. The highest BCUT2D eigenvalue weighted by atomic mass is 127. The maximum Gasteiger partial charge on any atom is 0.194 e. The Morgan fingerprint density at radius 1 is 1.26 bits per heavy atom. The first-order valence-corrected chi connectivity index (χ1v) is 8.48. The van der Waals surface area contributed by atoms with Crippen LogP contribution < -0.4 is 11.1 Å². The van der Waals surface area contributed by atoms with Gasteiger partial charge in [-0.05, 0) is 50.2 Å². The highest BCUT2D eigenvalue weighted by molar-refractivity contribution is 14.0. The Kier molecular flexibility index (Phi) is 8.35. The number of rotatable bonds is 5. The molecule has 7 heteroatoms. The van der Waals surface area contributed by atoms with Gasteiger partial charge in [-0.25, -0.2) is 4.98 Å². The third kappa shape index (κ3) is 7.54. The number of aromatic nitrogens is 1. The lowest BCUT2D eigenvalue weighted by atomic mass is 10.2. The highest BCUT2D eigenvalue weighted by Gasteiger charge is 2.19. The van der Waals surface area contributed by atoms with Crippen LogP contribution in [0.15, 0.2) is 63.0 Å². The lowest BCUT2D eigenvalue weighted by Gasteiger charge is -2.22. The summed E-state index contributed by atoms with van der Waals surface area (Å²) in [6, 6.07) is 13.9. The number of halogens is 2. The van der Waals surface area contributed by atoms with Gasteiger partial charge in [0, 0.05) is 20.3 Å². The molecule has 0 radical (unpaired) electrons. The number of nitrogens with two attached hydrogens (primary N) is 1. The number of nitrogens with zero attached hydrogens (tertiary/aromatic N) is 2. The number of guanidine groups is 1. The Bertz CT molecular complexity index is 632. The van der Waals surface area contributed by atoms with Crippen LogP contribution in [0.4, 0.5) is 5.82 Å². The summed E-state index contributed by atoms with van der Waals surface area (Å²) in [5.74, 6) is 1.07. The summed E-state index contributed by atoms with van der Waals surface area (Å²) in [5.41, 5.74) is 5.91. The van der Waals surface area contributed by atoms with Crippen LogP contribution in [0, 0.1) is 0 Å². The standard InChI is InChI=1S/C16H19BrN4S.HI/c1-16(2,22-13-8-6-12(17)7-9-13)11-20-15(18)21-14-5-3-4-10-19-14;/h3-10H,11H2,1-2H3,(H3,18,19,20,21);1H. The molecular weight excluding hydrogens is 487 g/mol. The number of hydrogen-bond donors (Lipinski definition) is 2. The quantitative estimate of drug-likeness (QED) is 0.265. The minimum Gasteiger partial charge on any atom is -0.370 e. The second kappa shape index (κ2) is 9.48. The molecule has 1 aromatic carbocycles. The molecule has 4 nitrogen and oxygen atoms in total. The lowest BCUT2D eigenvalue weighted by molar-refractivity contribution is 0.723. The number of pyridine rings is 1. The van der Waals surface area contributed by atoms with E-state index in [1.165, 1.54) is 4.90 Å². The van der Waals surface area contributed by atoms with Crippen LogP contribution in [0.5, 0.6) is 0 Å². The number of anilines is 1. The van der Waals surface area contributed by atoms with E-state index in [0.29, 0.717) is 18.3 Å². The summed E-state index contributed by atoms with van der Waals surface area (Å²) >= 11 is 5.22. The van der Waals surface area contributed by atoms with Crippen molar-refractivity contribution >= 4 is 63.4 Å². The van der Waals surface area contributed by atoms with Crippen LogP contribution in [-0.4, -0.2) is 22.2 Å². The molecule has 0 aliphatic carbocycles. The summed E-state index contributed by atoms with van der Waals surface area (Å²) in [6.07, 6.45) is 1.71. The fourth-order valence-electron chi connectivity index (χ4n) is 1.74. The van der Waals surface area contributed by atoms with Crippen molar-refractivity contribution < 1.29 is 0 Å². The van der Waals surface area contributed by atoms with Crippen molar-refractivity contribution in [2.24, 2.45) is 10.7 Å². The summed E-state index contributed by atoms with van der Waals surface area (Å²) in [7, 11) is 0. The zero-order valence-electron chi connectivity index (χ0n) is 13.0. The first-order valence-electron chi connectivity index (χ1n) is 6.87. The van der Waals surface area contributed by atoms with Crippen molar-refractivity contribution in [3.63, 3.8) is 0 Å². The van der Waals surface area contributed by atoms with Gasteiger partial charge in [-0.2, -0.15) is 0 Å². The molecule has 0 unspecified atom stereocenters. The van der Waals surface area contributed by atoms with E-state index in [9.17, 15) is 0 Å². The Morgan fingerprint density at radius 2 is 1.96 bits per heavy atom. The molecule has 3 N–H and O–H groups in total. The molecule has 0 aliphatic heterocycles. The molecule has 0 aliphatic rings. The van der Waals surface area contributed by atoms with Crippen molar-refractivity contribution in [2.75, 3.05) is 11.9 Å². The molecule has 124 valence electrons. The van der Waals surface area contributed by atoms with Gasteiger partial charge >= 0.3 is 0 Å². The molecule has 0 saturated carbocycles. The van der Waals surface area contributed by atoms with Crippen molar-refractivity contribution in [3.05, 3.63) is 53.1 Å². The van der Waals surface area contributed by atoms with Gasteiger partial charge in [0.15, 0.2) is 5.96 Å². The molecule has 2 aromatic rings. The SMILES string of the molecule is CC(C)(CN=C(N)Nc1ccccn1)Sc1ccc(Br)cc1.I. The number of thioether (sulfide) groups is 1. The molecular formula is C16H20BrIN4S. The minimum atomic E-state index is -0.0513. The normalized spacial score (nSPS) is 11.7. The Labute approximate surface area is 166 Å². The molecule has 0 amide bonds. The van der Waals surface area contributed by atoms with Crippen LogP contribution in [0.25, 0.3) is 0 Å². The summed E-state index contributed by atoms with van der Waals surface area (Å²) in [4.78, 5) is 9.78. The van der Waals surface area contributed by atoms with E-state index in [-0.39, 0.29) is 28.7 Å². The zero-order valence-corrected chi connectivity index (χ0v) is 17.7. The van der Waals surface area contributed by atoms with E-state index in [0.717, 1.165) is 4.47 Å². The second-order valence-electron chi connectivity index (χ2n) is 5.36. The van der Waals surface area contributed by atoms with E-state index >= 15 is 0 Å². The fraction of sp³-hybridized carbons (Fsp3) is 0.250. The van der Waals surface area contributed by atoms with Gasteiger partial charge in [0.05, 0.1) is 6.54 Å². The summed E-state index contributed by atoms with van der Waals surface area (Å²) in [5, 5.41) is 2.99. The predicted molar refractivity (Wildman–Crippen MR) is 114 cm³/mol. The number of aliphatic imine (C=N–C) groups is 1. The van der Waals surface area contributed by atoms with Crippen LogP contribution in [0.1, 0.15) is 13.8 Å². The summed E-state index contributed by atoms with van der Waals surface area (Å²) in [6.45, 7) is 4.91. The lowest BCUT2D eigenvalue weighted by Crippen LogP contribution is -2.27. The van der Waals surface area contributed by atoms with E-state index in [4.69, 9.17) is 5.73 Å². The Hall–Kier alpha value is -0.800. The topological polar surface area (TPSA) is 63.3 Å². The third-order valence-corrected chi connectivity index (χ3v) is 4.48. The maximum absolute atomic E-state index is 5.91. The first-order chi connectivity index (χ1) is 10.4. The average molecular weight is 507 g/mol. The van der Waals surface area contributed by atoms with Gasteiger partial charge in [0.2, 0.25) is 0 Å². The van der Waals surface area contributed by atoms with Crippen LogP contribution in [0.2, 0.25) is 0 Å². The molecule has 0 saturated heterocycles. The van der Waals surface area contributed by atoms with Gasteiger partial charge in [0.1, 0.15) is 5.82 Å². The average Bonchev–Trinajstić information content (AvgIpc) is 2.49. The molecule has 0 bridgehead atoms. The third-order valence-electron chi connectivity index (χ3n) is 2.76. The predicted octanol–water partition coefficient (Wildman–Crippen LogP) is 4.76. The van der Waals surface area contributed by atoms with Crippen molar-refractivity contribution in [3.8, 4) is 0 Å². The molecule has 0 fully saturated rings. The molecule has 0 spiro atoms. The van der Waals surface area contributed by atoms with Gasteiger partial charge < -0.3 is 11.1 Å². The summed E-state index contributed by atoms with van der Waals surface area (Å²) < 4.78 is 1.03. The second-order valence-corrected chi connectivity index (χ2v) is 8.05.